The van der Waals surface area contributed by atoms with Gasteiger partial charge in [-0.15, -0.1) is 0 Å². The lowest BCUT2D eigenvalue weighted by Crippen LogP contribution is -2.57. The number of carbonyl (C=O) groups is 1. The number of hydrogen-bond acceptors (Lipinski definition) is 3. The van der Waals surface area contributed by atoms with Crippen LogP contribution in [0.3, 0.4) is 0 Å². The second-order valence-electron chi connectivity index (χ2n) is 5.57. The summed E-state index contributed by atoms with van der Waals surface area (Å²) in [6.45, 7) is 7.63. The fraction of sp³-hybridized carbons (Fsp3) is 0.929. The summed E-state index contributed by atoms with van der Waals surface area (Å²) >= 11 is 0. The maximum absolute atomic E-state index is 12.7. The van der Waals surface area contributed by atoms with Gasteiger partial charge in [-0.25, -0.2) is 0 Å². The van der Waals surface area contributed by atoms with Crippen LogP contribution in [0, 0.1) is 5.92 Å². The van der Waals surface area contributed by atoms with Crippen molar-refractivity contribution in [2.75, 3.05) is 26.3 Å². The Morgan fingerprint density at radius 3 is 2.41 bits per heavy atom. The molecule has 3 nitrogen and oxygen atoms in total. The minimum atomic E-state index is -0.251. The second kappa shape index (κ2) is 5.49. The van der Waals surface area contributed by atoms with Crippen LogP contribution in [0.4, 0.5) is 0 Å². The minimum absolute atomic E-state index is 0.251. The molecule has 3 heteroatoms. The zero-order chi connectivity index (χ0) is 12.3. The molecule has 0 N–H and O–H groups in total. The lowest BCUT2D eigenvalue weighted by Gasteiger charge is -2.42. The van der Waals surface area contributed by atoms with Crippen molar-refractivity contribution in [2.45, 2.75) is 51.5 Å². The number of Topliss-reactive ketones (excluding diaryl/α,β-unsaturated/α-hetero) is 1. The Bertz CT molecular complexity index is 267. The monoisotopic (exact) mass is 239 g/mol. The molecule has 0 spiro atoms. The number of ether oxygens (including phenoxy) is 1. The SMILES string of the molecule is CCC(C)(C(=O)C1CCCC1)N1CCOCC1. The van der Waals surface area contributed by atoms with Crippen LogP contribution in [0.2, 0.25) is 0 Å². The molecule has 0 bridgehead atoms. The first kappa shape index (κ1) is 13.0. The molecule has 2 aliphatic rings. The van der Waals surface area contributed by atoms with Gasteiger partial charge in [0, 0.05) is 19.0 Å². The van der Waals surface area contributed by atoms with Crippen molar-refractivity contribution in [3.8, 4) is 0 Å². The molecule has 2 rings (SSSR count). The number of carbonyl (C=O) groups excluding carboxylic acids is 1. The maximum Gasteiger partial charge on any atom is 0.155 e. The van der Waals surface area contributed by atoms with Crippen molar-refractivity contribution in [3.05, 3.63) is 0 Å². The summed E-state index contributed by atoms with van der Waals surface area (Å²) in [6.07, 6.45) is 5.61. The minimum Gasteiger partial charge on any atom is -0.379 e. The van der Waals surface area contributed by atoms with Gasteiger partial charge in [-0.05, 0) is 26.2 Å². The Morgan fingerprint density at radius 1 is 1.29 bits per heavy atom. The van der Waals surface area contributed by atoms with Gasteiger partial charge in [-0.3, -0.25) is 9.69 Å². The van der Waals surface area contributed by atoms with E-state index in [9.17, 15) is 4.79 Å². The van der Waals surface area contributed by atoms with E-state index >= 15 is 0 Å². The normalized spacial score (nSPS) is 26.9. The van der Waals surface area contributed by atoms with Crippen LogP contribution in [-0.4, -0.2) is 42.5 Å². The molecule has 0 aromatic heterocycles. The standard InChI is InChI=1S/C14H25NO2/c1-3-14(2,15-8-10-17-11-9-15)13(16)12-6-4-5-7-12/h12H,3-11H2,1-2H3. The Morgan fingerprint density at radius 2 is 1.88 bits per heavy atom. The van der Waals surface area contributed by atoms with Crippen LogP contribution >= 0.6 is 0 Å². The zero-order valence-corrected chi connectivity index (χ0v) is 11.2. The van der Waals surface area contributed by atoms with Gasteiger partial charge in [-0.2, -0.15) is 0 Å². The average molecular weight is 239 g/mol. The average Bonchev–Trinajstić information content (AvgIpc) is 2.92. The van der Waals surface area contributed by atoms with E-state index in [4.69, 9.17) is 4.74 Å². The van der Waals surface area contributed by atoms with Crippen LogP contribution in [0.25, 0.3) is 0 Å². The zero-order valence-electron chi connectivity index (χ0n) is 11.2. The molecule has 0 radical (unpaired) electrons. The quantitative estimate of drug-likeness (QED) is 0.753. The van der Waals surface area contributed by atoms with E-state index in [1.165, 1.54) is 12.8 Å². The summed E-state index contributed by atoms with van der Waals surface area (Å²) in [5.41, 5.74) is -0.251. The predicted molar refractivity (Wildman–Crippen MR) is 68.1 cm³/mol. The molecule has 1 heterocycles. The van der Waals surface area contributed by atoms with Crippen LogP contribution in [0.5, 0.6) is 0 Å². The lowest BCUT2D eigenvalue weighted by atomic mass is 9.82. The summed E-state index contributed by atoms with van der Waals surface area (Å²) in [5.74, 6) is 0.808. The van der Waals surface area contributed by atoms with Crippen molar-refractivity contribution >= 4 is 5.78 Å². The van der Waals surface area contributed by atoms with E-state index < -0.39 is 0 Å². The molecule has 98 valence electrons. The predicted octanol–water partition coefficient (Wildman–Crippen LogP) is 2.25. The molecule has 1 saturated carbocycles. The molecule has 1 unspecified atom stereocenters. The Labute approximate surface area is 105 Å². The summed E-state index contributed by atoms with van der Waals surface area (Å²) < 4.78 is 5.39. The van der Waals surface area contributed by atoms with Crippen LogP contribution in [-0.2, 0) is 9.53 Å². The number of nitrogens with zero attached hydrogens (tertiary/aromatic N) is 1. The third-order valence-corrected chi connectivity index (χ3v) is 4.65. The number of ketones is 1. The van der Waals surface area contributed by atoms with E-state index in [0.717, 1.165) is 45.6 Å². The van der Waals surface area contributed by atoms with E-state index in [1.54, 1.807) is 0 Å². The fourth-order valence-electron chi connectivity index (χ4n) is 3.24. The second-order valence-corrected chi connectivity index (χ2v) is 5.57. The molecule has 1 aliphatic heterocycles. The van der Waals surface area contributed by atoms with Gasteiger partial charge in [0.25, 0.3) is 0 Å². The van der Waals surface area contributed by atoms with Gasteiger partial charge in [0.05, 0.1) is 18.8 Å². The first-order valence-corrected chi connectivity index (χ1v) is 7.05. The number of hydrogen-bond donors (Lipinski definition) is 0. The van der Waals surface area contributed by atoms with Crippen LogP contribution in [0.15, 0.2) is 0 Å². The van der Waals surface area contributed by atoms with E-state index in [-0.39, 0.29) is 5.54 Å². The molecule has 0 amide bonds. The molecule has 1 saturated heterocycles. The van der Waals surface area contributed by atoms with Gasteiger partial charge < -0.3 is 4.74 Å². The highest BCUT2D eigenvalue weighted by molar-refractivity contribution is 5.90. The van der Waals surface area contributed by atoms with Crippen LogP contribution < -0.4 is 0 Å². The summed E-state index contributed by atoms with van der Waals surface area (Å²) in [4.78, 5) is 15.1. The molecule has 1 aliphatic carbocycles. The van der Waals surface area contributed by atoms with Crippen molar-refractivity contribution < 1.29 is 9.53 Å². The summed E-state index contributed by atoms with van der Waals surface area (Å²) in [6, 6.07) is 0. The lowest BCUT2D eigenvalue weighted by molar-refractivity contribution is -0.137. The van der Waals surface area contributed by atoms with Gasteiger partial charge >= 0.3 is 0 Å². The van der Waals surface area contributed by atoms with Crippen molar-refractivity contribution in [1.29, 1.82) is 0 Å². The van der Waals surface area contributed by atoms with Crippen LogP contribution in [0.1, 0.15) is 46.0 Å². The van der Waals surface area contributed by atoms with Gasteiger partial charge in [0.1, 0.15) is 0 Å². The Hall–Kier alpha value is -0.410. The van der Waals surface area contributed by atoms with E-state index in [0.29, 0.717) is 11.7 Å². The smallest absolute Gasteiger partial charge is 0.155 e. The van der Waals surface area contributed by atoms with Gasteiger partial charge in [0.2, 0.25) is 0 Å². The largest absolute Gasteiger partial charge is 0.379 e. The third-order valence-electron chi connectivity index (χ3n) is 4.65. The van der Waals surface area contributed by atoms with Crippen molar-refractivity contribution in [2.24, 2.45) is 5.92 Å². The third kappa shape index (κ3) is 2.55. The molecule has 17 heavy (non-hydrogen) atoms. The van der Waals surface area contributed by atoms with Crippen molar-refractivity contribution in [1.82, 2.24) is 4.90 Å². The maximum atomic E-state index is 12.7. The summed E-state index contributed by atoms with van der Waals surface area (Å²) in [5, 5.41) is 0. The van der Waals surface area contributed by atoms with Gasteiger partial charge in [-0.1, -0.05) is 19.8 Å². The highest BCUT2D eigenvalue weighted by Gasteiger charge is 2.42. The summed E-state index contributed by atoms with van der Waals surface area (Å²) in [7, 11) is 0. The Kier molecular flexibility index (Phi) is 4.21. The fourth-order valence-corrected chi connectivity index (χ4v) is 3.24. The first-order valence-electron chi connectivity index (χ1n) is 7.05. The molecule has 0 aromatic carbocycles. The molecular weight excluding hydrogens is 214 g/mol. The molecular formula is C14H25NO2. The number of morpholine rings is 1. The van der Waals surface area contributed by atoms with E-state index in [1.807, 2.05) is 0 Å². The highest BCUT2D eigenvalue weighted by Crippen LogP contribution is 2.33. The van der Waals surface area contributed by atoms with Crippen molar-refractivity contribution in [3.63, 3.8) is 0 Å². The molecule has 0 aromatic rings. The first-order chi connectivity index (χ1) is 8.18. The van der Waals surface area contributed by atoms with Gasteiger partial charge in [0.15, 0.2) is 5.78 Å². The highest BCUT2D eigenvalue weighted by atomic mass is 16.5. The number of rotatable bonds is 4. The Balaban J connectivity index is 2.08. The molecule has 1 atom stereocenters. The van der Waals surface area contributed by atoms with E-state index in [2.05, 4.69) is 18.7 Å². The molecule has 2 fully saturated rings. The topological polar surface area (TPSA) is 29.5 Å².